The summed E-state index contributed by atoms with van der Waals surface area (Å²) < 4.78 is 5.18. The van der Waals surface area contributed by atoms with Crippen molar-refractivity contribution in [2.45, 2.75) is 39.5 Å². The number of nitrogens with zero attached hydrogens (tertiary/aromatic N) is 1. The summed E-state index contributed by atoms with van der Waals surface area (Å²) >= 11 is 0. The van der Waals surface area contributed by atoms with E-state index in [-0.39, 0.29) is 5.91 Å². The summed E-state index contributed by atoms with van der Waals surface area (Å²) in [6.07, 6.45) is -0.480. The van der Waals surface area contributed by atoms with Crippen molar-refractivity contribution in [3.8, 4) is 6.07 Å². The molecule has 0 bridgehead atoms. The predicted molar refractivity (Wildman–Crippen MR) is 102 cm³/mol. The molecule has 0 saturated carbocycles. The van der Waals surface area contributed by atoms with Crippen LogP contribution in [0, 0.1) is 11.3 Å². The van der Waals surface area contributed by atoms with Gasteiger partial charge in [-0.05, 0) is 56.2 Å². The zero-order chi connectivity index (χ0) is 19.9. The number of alkyl carbamates (subject to hydrolysis) is 1. The number of nitriles is 1. The van der Waals surface area contributed by atoms with Crippen molar-refractivity contribution in [2.75, 3.05) is 0 Å². The minimum absolute atomic E-state index is 0.189. The van der Waals surface area contributed by atoms with Crippen LogP contribution in [-0.2, 0) is 17.8 Å². The molecular formula is C21H23N3O3. The molecule has 0 aliphatic rings. The highest BCUT2D eigenvalue weighted by Gasteiger charge is 2.15. The van der Waals surface area contributed by atoms with Crippen molar-refractivity contribution >= 4 is 12.0 Å². The average Bonchev–Trinajstić information content (AvgIpc) is 2.64. The van der Waals surface area contributed by atoms with Gasteiger partial charge in [0.2, 0.25) is 0 Å². The molecule has 2 rings (SSSR count). The van der Waals surface area contributed by atoms with E-state index in [1.807, 2.05) is 12.1 Å². The maximum Gasteiger partial charge on any atom is 0.407 e. The standard InChI is InChI=1S/C21H23N3O3/c1-21(2,3)27-20(26)24-14-17-8-10-18(11-9-17)19(25)23-13-16-6-4-15(12-22)5-7-16/h4-11H,13-14H2,1-3H3,(H,23,25)(H,24,26). The van der Waals surface area contributed by atoms with Crippen molar-refractivity contribution in [1.29, 1.82) is 5.26 Å². The lowest BCUT2D eigenvalue weighted by Gasteiger charge is -2.19. The number of carbonyl (C=O) groups excluding carboxylic acids is 2. The molecule has 2 amide bonds. The Morgan fingerprint density at radius 1 is 0.926 bits per heavy atom. The topological polar surface area (TPSA) is 91.2 Å². The summed E-state index contributed by atoms with van der Waals surface area (Å²) in [5.74, 6) is -0.189. The van der Waals surface area contributed by atoms with Crippen LogP contribution in [0.2, 0.25) is 0 Å². The number of nitrogens with one attached hydrogen (secondary N) is 2. The number of hydrogen-bond donors (Lipinski definition) is 2. The van der Waals surface area contributed by atoms with Gasteiger partial charge in [-0.25, -0.2) is 4.79 Å². The van der Waals surface area contributed by atoms with Crippen LogP contribution in [0.1, 0.15) is 47.8 Å². The molecule has 0 unspecified atom stereocenters. The molecule has 2 aromatic carbocycles. The SMILES string of the molecule is CC(C)(C)OC(=O)NCc1ccc(C(=O)NCc2ccc(C#N)cc2)cc1. The van der Waals surface area contributed by atoms with E-state index in [0.29, 0.717) is 24.2 Å². The van der Waals surface area contributed by atoms with E-state index < -0.39 is 11.7 Å². The van der Waals surface area contributed by atoms with Gasteiger partial charge in [-0.15, -0.1) is 0 Å². The second-order valence-corrected chi connectivity index (χ2v) is 7.04. The molecule has 0 fully saturated rings. The van der Waals surface area contributed by atoms with Gasteiger partial charge in [0.05, 0.1) is 11.6 Å². The Balaban J connectivity index is 1.84. The Bertz CT molecular complexity index is 829. The molecule has 0 radical (unpaired) electrons. The third kappa shape index (κ3) is 6.83. The minimum Gasteiger partial charge on any atom is -0.444 e. The zero-order valence-corrected chi connectivity index (χ0v) is 15.7. The molecule has 0 saturated heterocycles. The predicted octanol–water partition coefficient (Wildman–Crippen LogP) is 3.51. The summed E-state index contributed by atoms with van der Waals surface area (Å²) in [6.45, 7) is 6.11. The maximum atomic E-state index is 12.2. The van der Waals surface area contributed by atoms with Crippen LogP contribution >= 0.6 is 0 Å². The molecule has 140 valence electrons. The van der Waals surface area contributed by atoms with Crippen molar-refractivity contribution in [2.24, 2.45) is 0 Å². The lowest BCUT2D eigenvalue weighted by atomic mass is 10.1. The fourth-order valence-corrected chi connectivity index (χ4v) is 2.24. The second-order valence-electron chi connectivity index (χ2n) is 7.04. The van der Waals surface area contributed by atoms with Gasteiger partial charge in [-0.3, -0.25) is 4.79 Å². The van der Waals surface area contributed by atoms with Crippen molar-refractivity contribution < 1.29 is 14.3 Å². The Kier molecular flexibility index (Phi) is 6.56. The minimum atomic E-state index is -0.541. The number of benzene rings is 2. The maximum absolute atomic E-state index is 12.2. The first-order valence-electron chi connectivity index (χ1n) is 8.60. The van der Waals surface area contributed by atoms with Crippen molar-refractivity contribution in [1.82, 2.24) is 10.6 Å². The van der Waals surface area contributed by atoms with Crippen LogP contribution in [0.15, 0.2) is 48.5 Å². The van der Waals surface area contributed by atoms with E-state index in [0.717, 1.165) is 11.1 Å². The largest absolute Gasteiger partial charge is 0.444 e. The number of carbonyl (C=O) groups is 2. The Hall–Kier alpha value is -3.33. The summed E-state index contributed by atoms with van der Waals surface area (Å²) in [5, 5.41) is 14.3. The number of amides is 2. The van der Waals surface area contributed by atoms with Crippen LogP contribution in [0.4, 0.5) is 4.79 Å². The fraction of sp³-hybridized carbons (Fsp3) is 0.286. The lowest BCUT2D eigenvalue weighted by molar-refractivity contribution is 0.0523. The molecule has 0 atom stereocenters. The third-order valence-corrected chi connectivity index (χ3v) is 3.59. The Morgan fingerprint density at radius 2 is 1.44 bits per heavy atom. The summed E-state index contributed by atoms with van der Waals surface area (Å²) in [4.78, 5) is 23.9. The smallest absolute Gasteiger partial charge is 0.407 e. The van der Waals surface area contributed by atoms with Gasteiger partial charge in [-0.2, -0.15) is 5.26 Å². The first kappa shape index (κ1) is 20.0. The first-order valence-corrected chi connectivity index (χ1v) is 8.60. The van der Waals surface area contributed by atoms with Crippen molar-refractivity contribution in [3.63, 3.8) is 0 Å². The van der Waals surface area contributed by atoms with Crippen LogP contribution in [0.5, 0.6) is 0 Å². The van der Waals surface area contributed by atoms with Gasteiger partial charge in [0.1, 0.15) is 5.60 Å². The van der Waals surface area contributed by atoms with E-state index in [4.69, 9.17) is 10.00 Å². The highest BCUT2D eigenvalue weighted by molar-refractivity contribution is 5.94. The molecule has 0 heterocycles. The zero-order valence-electron chi connectivity index (χ0n) is 15.7. The summed E-state index contributed by atoms with van der Waals surface area (Å²) in [6, 6.07) is 16.1. The molecular weight excluding hydrogens is 342 g/mol. The fourth-order valence-electron chi connectivity index (χ4n) is 2.24. The van der Waals surface area contributed by atoms with E-state index >= 15 is 0 Å². The lowest BCUT2D eigenvalue weighted by Crippen LogP contribution is -2.32. The summed E-state index contributed by atoms with van der Waals surface area (Å²) in [5.41, 5.74) is 2.36. The average molecular weight is 365 g/mol. The molecule has 2 N–H and O–H groups in total. The Morgan fingerprint density at radius 3 is 1.96 bits per heavy atom. The highest BCUT2D eigenvalue weighted by atomic mass is 16.6. The highest BCUT2D eigenvalue weighted by Crippen LogP contribution is 2.09. The molecule has 6 nitrogen and oxygen atoms in total. The normalized spacial score (nSPS) is 10.6. The van der Waals surface area contributed by atoms with Gasteiger partial charge in [0.25, 0.3) is 5.91 Å². The number of rotatable bonds is 5. The Labute approximate surface area is 159 Å². The first-order chi connectivity index (χ1) is 12.8. The van der Waals surface area contributed by atoms with Crippen molar-refractivity contribution in [3.05, 3.63) is 70.8 Å². The third-order valence-electron chi connectivity index (χ3n) is 3.59. The van der Waals surface area contributed by atoms with Crippen LogP contribution in [0.25, 0.3) is 0 Å². The van der Waals surface area contributed by atoms with Gasteiger partial charge >= 0.3 is 6.09 Å². The second kappa shape index (κ2) is 8.86. The van der Waals surface area contributed by atoms with E-state index in [2.05, 4.69) is 16.7 Å². The summed E-state index contributed by atoms with van der Waals surface area (Å²) in [7, 11) is 0. The van der Waals surface area contributed by atoms with Crippen LogP contribution < -0.4 is 10.6 Å². The molecule has 0 aliphatic carbocycles. The van der Waals surface area contributed by atoms with Crippen LogP contribution in [0.3, 0.4) is 0 Å². The van der Waals surface area contributed by atoms with E-state index in [9.17, 15) is 9.59 Å². The van der Waals surface area contributed by atoms with Gasteiger partial charge in [0, 0.05) is 18.7 Å². The van der Waals surface area contributed by atoms with Gasteiger partial charge in [-0.1, -0.05) is 24.3 Å². The number of ether oxygens (including phenoxy) is 1. The van der Waals surface area contributed by atoms with Crippen LogP contribution in [-0.4, -0.2) is 17.6 Å². The molecule has 27 heavy (non-hydrogen) atoms. The quantitative estimate of drug-likeness (QED) is 0.848. The molecule has 0 aromatic heterocycles. The van der Waals surface area contributed by atoms with Gasteiger partial charge < -0.3 is 15.4 Å². The van der Waals surface area contributed by atoms with E-state index in [1.54, 1.807) is 57.2 Å². The van der Waals surface area contributed by atoms with Gasteiger partial charge in [0.15, 0.2) is 0 Å². The number of hydrogen-bond acceptors (Lipinski definition) is 4. The monoisotopic (exact) mass is 365 g/mol. The molecule has 0 aliphatic heterocycles. The molecule has 6 heteroatoms. The molecule has 2 aromatic rings. The molecule has 0 spiro atoms. The van der Waals surface area contributed by atoms with E-state index in [1.165, 1.54) is 0 Å².